The molecule has 85 heavy (non-hydrogen) atoms. The number of hydrogen-bond acceptors (Lipinski definition) is 9. The summed E-state index contributed by atoms with van der Waals surface area (Å²) in [5, 5.41) is 41.9. The minimum absolute atomic E-state index is 0.0958. The summed E-state index contributed by atoms with van der Waals surface area (Å²) in [4.78, 5) is 31.4. The van der Waals surface area contributed by atoms with E-state index in [1.165, 1.54) is 16.0 Å². The first kappa shape index (κ1) is 51.5. The summed E-state index contributed by atoms with van der Waals surface area (Å²) in [7, 11) is 0. The van der Waals surface area contributed by atoms with Crippen LogP contribution in [0.4, 0.5) is 0 Å². The molecule has 8 aromatic carbocycles. The minimum Gasteiger partial charge on any atom is -0.289 e. The first-order valence-electron chi connectivity index (χ1n) is 27.8. The largest absolute Gasteiger partial charge is 0.289 e. The minimum atomic E-state index is -0.832. The molecule has 4 aliphatic rings. The van der Waals surface area contributed by atoms with Gasteiger partial charge in [0.2, 0.25) is 0 Å². The van der Waals surface area contributed by atoms with Crippen molar-refractivity contribution in [2.45, 2.75) is 38.5 Å². The van der Waals surface area contributed by atoms with Crippen molar-refractivity contribution in [3.8, 4) is 45.8 Å². The van der Waals surface area contributed by atoms with Crippen LogP contribution in [-0.4, -0.2) is 11.6 Å². The van der Waals surface area contributed by atoms with E-state index in [1.54, 1.807) is 58.3 Å². The van der Waals surface area contributed by atoms with Crippen molar-refractivity contribution >= 4 is 88.4 Å². The molecule has 11 aromatic rings. The van der Waals surface area contributed by atoms with E-state index in [1.807, 2.05) is 36.4 Å². The third kappa shape index (κ3) is 7.29. The molecule has 3 aromatic heterocycles. The number of allylic oxidation sites excluding steroid dienone is 6. The summed E-state index contributed by atoms with van der Waals surface area (Å²) in [5.41, 5.74) is 18.8. The van der Waals surface area contributed by atoms with E-state index in [-0.39, 0.29) is 22.7 Å². The highest BCUT2D eigenvalue weighted by Gasteiger charge is 2.53. The highest BCUT2D eigenvalue weighted by atomic mass is 32.1. The summed E-state index contributed by atoms with van der Waals surface area (Å²) in [6.07, 6.45) is 3.74. The summed E-state index contributed by atoms with van der Waals surface area (Å²) in [6.45, 7) is 8.49. The van der Waals surface area contributed by atoms with Crippen molar-refractivity contribution < 1.29 is 9.59 Å². The Morgan fingerprint density at radius 3 is 1.27 bits per heavy atom. The van der Waals surface area contributed by atoms with Gasteiger partial charge in [-0.05, 0) is 148 Å². The number of Topliss-reactive ketones (excluding diaryl/α,β-unsaturated/α-hetero) is 2. The first-order chi connectivity index (χ1) is 41.4. The number of fused-ring (bicyclic) bond motifs is 11. The van der Waals surface area contributed by atoms with Crippen LogP contribution in [0.25, 0.3) is 64.4 Å². The monoisotopic (exact) mass is 1140 g/mol. The van der Waals surface area contributed by atoms with Gasteiger partial charge >= 0.3 is 0 Å². The molecule has 0 N–H and O–H groups in total. The van der Waals surface area contributed by atoms with E-state index in [0.717, 1.165) is 102 Å². The van der Waals surface area contributed by atoms with Crippen molar-refractivity contribution in [1.29, 1.82) is 21.0 Å². The number of thiophene rings is 3. The van der Waals surface area contributed by atoms with Gasteiger partial charge in [0.05, 0.1) is 15.5 Å². The number of carbonyl (C=O) groups excluding carboxylic acids is 2. The predicted octanol–water partition coefficient (Wildman–Crippen LogP) is 18.3. The lowest BCUT2D eigenvalue weighted by Gasteiger charge is -2.35. The molecular weight excluding hydrogens is 1100 g/mol. The average molecular weight is 1140 g/mol. The van der Waals surface area contributed by atoms with Gasteiger partial charge in [-0.25, -0.2) is 0 Å². The summed E-state index contributed by atoms with van der Waals surface area (Å²) >= 11 is 4.99. The van der Waals surface area contributed by atoms with Gasteiger partial charge in [-0.1, -0.05) is 168 Å². The molecule has 4 aliphatic carbocycles. The molecule has 398 valence electrons. The Kier molecular flexibility index (Phi) is 11.6. The van der Waals surface area contributed by atoms with Gasteiger partial charge < -0.3 is 0 Å². The zero-order valence-corrected chi connectivity index (χ0v) is 48.8. The number of nitrogens with zero attached hydrogens (tertiary/aromatic N) is 4. The van der Waals surface area contributed by atoms with Crippen molar-refractivity contribution in [3.63, 3.8) is 0 Å². The molecule has 0 atom stereocenters. The lowest BCUT2D eigenvalue weighted by molar-refractivity contribution is 0.103. The number of nitriles is 4. The highest BCUT2D eigenvalue weighted by molar-refractivity contribution is 7.30. The Bertz CT molecular complexity index is 5040. The maximum Gasteiger partial charge on any atom is 0.194 e. The van der Waals surface area contributed by atoms with Crippen molar-refractivity contribution in [2.75, 3.05) is 0 Å². The quantitative estimate of drug-likeness (QED) is 0.120. The number of benzene rings is 8. The van der Waals surface area contributed by atoms with Crippen molar-refractivity contribution in [3.05, 3.63) is 303 Å². The van der Waals surface area contributed by atoms with E-state index in [4.69, 9.17) is 0 Å². The SMILES string of the molecule is Cc1ccc(C2(c3ccc(C)cc3)c3cc4c(cc3-c3cc5cc(/C=C6\C(=O)c7ccccc7C6=C(C#N)C#N)sc5cc32)C(c2ccc(C)cc2)(c2ccc(C)cc2)c2c-4sc3cc(/C=C4\C(=O)c5ccccc5C4=C(C#N)C#N)sc23)cc1. The molecule has 6 nitrogen and oxygen atoms in total. The molecule has 0 saturated heterocycles. The zero-order valence-electron chi connectivity index (χ0n) is 46.3. The van der Waals surface area contributed by atoms with Crippen LogP contribution in [0.2, 0.25) is 0 Å². The van der Waals surface area contributed by atoms with Crippen LogP contribution in [0.5, 0.6) is 0 Å². The van der Waals surface area contributed by atoms with Crippen LogP contribution in [0.1, 0.15) is 108 Å². The fourth-order valence-electron chi connectivity index (χ4n) is 13.9. The molecular formula is C76H44N4O2S3. The van der Waals surface area contributed by atoms with Gasteiger partial charge in [-0.3, -0.25) is 9.59 Å². The first-order valence-corrected chi connectivity index (χ1v) is 30.3. The molecule has 0 fully saturated rings. The second kappa shape index (κ2) is 19.1. The Labute approximate surface area is 503 Å². The molecule has 0 spiro atoms. The number of carbonyl (C=O) groups is 2. The second-order valence-electron chi connectivity index (χ2n) is 22.5. The summed E-state index contributed by atoms with van der Waals surface area (Å²) < 4.78 is 3.21. The van der Waals surface area contributed by atoms with Crippen LogP contribution < -0.4 is 0 Å². The average Bonchev–Trinajstić information content (AvgIpc) is 2.47. The van der Waals surface area contributed by atoms with E-state index in [2.05, 4.69) is 185 Å². The van der Waals surface area contributed by atoms with Crippen LogP contribution in [0.15, 0.2) is 204 Å². The van der Waals surface area contributed by atoms with E-state index < -0.39 is 10.8 Å². The molecule has 0 aliphatic heterocycles. The molecule has 3 heterocycles. The third-order valence-corrected chi connectivity index (χ3v) is 21.2. The summed E-state index contributed by atoms with van der Waals surface area (Å²) in [5.74, 6) is -0.427. The lowest BCUT2D eigenvalue weighted by atomic mass is 9.65. The predicted molar refractivity (Wildman–Crippen MR) is 342 cm³/mol. The molecule has 0 amide bonds. The lowest BCUT2D eigenvalue weighted by Crippen LogP contribution is -2.30. The van der Waals surface area contributed by atoms with E-state index in [9.17, 15) is 30.6 Å². The smallest absolute Gasteiger partial charge is 0.194 e. The Morgan fingerprint density at radius 1 is 0.400 bits per heavy atom. The van der Waals surface area contributed by atoms with Gasteiger partial charge in [0.1, 0.15) is 35.4 Å². The summed E-state index contributed by atoms with van der Waals surface area (Å²) in [6, 6.07) is 72.6. The maximum atomic E-state index is 14.3. The van der Waals surface area contributed by atoms with Gasteiger partial charge in [0.25, 0.3) is 0 Å². The topological polar surface area (TPSA) is 129 Å². The maximum absolute atomic E-state index is 14.3. The molecule has 9 heteroatoms. The Hall–Kier alpha value is -10.4. The van der Waals surface area contributed by atoms with E-state index in [0.29, 0.717) is 44.5 Å². The molecule has 0 radical (unpaired) electrons. The second-order valence-corrected chi connectivity index (χ2v) is 25.7. The number of aryl methyl sites for hydroxylation is 4. The van der Waals surface area contributed by atoms with E-state index >= 15 is 0 Å². The van der Waals surface area contributed by atoms with Crippen LogP contribution >= 0.6 is 34.0 Å². The normalized spacial score (nSPS) is 15.5. The molecule has 0 bridgehead atoms. The van der Waals surface area contributed by atoms with Gasteiger partial charge in [-0.2, -0.15) is 21.0 Å². The number of rotatable bonds is 6. The van der Waals surface area contributed by atoms with Crippen LogP contribution in [0.3, 0.4) is 0 Å². The highest BCUT2D eigenvalue weighted by Crippen LogP contribution is 2.66. The van der Waals surface area contributed by atoms with Crippen molar-refractivity contribution in [1.82, 2.24) is 0 Å². The number of ketones is 2. The fourth-order valence-corrected chi connectivity index (χ4v) is 17.6. The Morgan fingerprint density at radius 2 is 0.800 bits per heavy atom. The van der Waals surface area contributed by atoms with Crippen LogP contribution in [0, 0.1) is 73.0 Å². The molecule has 0 unspecified atom stereocenters. The van der Waals surface area contributed by atoms with Gasteiger partial charge in [0.15, 0.2) is 11.6 Å². The molecule has 0 saturated carbocycles. The Balaban J connectivity index is 1.02. The fraction of sp³-hybridized carbons (Fsp3) is 0.0789. The van der Waals surface area contributed by atoms with Crippen molar-refractivity contribution in [2.24, 2.45) is 0 Å². The number of hydrogen-bond donors (Lipinski definition) is 0. The van der Waals surface area contributed by atoms with Gasteiger partial charge in [-0.15, -0.1) is 34.0 Å². The molecule has 15 rings (SSSR count). The van der Waals surface area contributed by atoms with Crippen LogP contribution in [-0.2, 0) is 10.8 Å². The zero-order chi connectivity index (χ0) is 58.2. The van der Waals surface area contributed by atoms with Gasteiger partial charge in [0, 0.05) is 63.0 Å². The standard InChI is InChI=1S/C76H44N4O2S3/c1-41-13-21-48(22-14-41)75(49-23-15-42(2)16-24-49)63-35-60-64(34-59(63)58-30-45-29-52(83-66(45)36-65(58)75)31-61-68(46(37-77)38-78)54-9-5-7-11-56(54)71(61)81)76(50-25-17-43(3)18-26-50,51-27-19-44(4)20-28-51)70-73(60)85-67-33-53(84-74(67)70)32-62-69(47(39-79)40-80)55-10-6-8-12-57(55)72(62)82/h5-36H,1-4H3/b61-31-,62-32-. The third-order valence-electron chi connectivity index (χ3n) is 17.7.